The summed E-state index contributed by atoms with van der Waals surface area (Å²) in [7, 11) is 0. The van der Waals surface area contributed by atoms with Crippen LogP contribution in [0.4, 0.5) is 5.82 Å². The Hall–Kier alpha value is -3.51. The highest BCUT2D eigenvalue weighted by molar-refractivity contribution is 9.10. The molecule has 3 aromatic carbocycles. The Kier molecular flexibility index (Phi) is 5.63. The van der Waals surface area contributed by atoms with Crippen LogP contribution in [0.5, 0.6) is 5.75 Å². The molecule has 0 saturated heterocycles. The van der Waals surface area contributed by atoms with Gasteiger partial charge in [0.2, 0.25) is 0 Å². The lowest BCUT2D eigenvalue weighted by molar-refractivity contribution is 0.477. The van der Waals surface area contributed by atoms with Crippen LogP contribution in [0.15, 0.2) is 94.5 Å². The maximum Gasteiger partial charge on any atom is 0.162 e. The number of hydrazone groups is 1. The van der Waals surface area contributed by atoms with Crippen molar-refractivity contribution in [2.24, 2.45) is 5.10 Å². The molecule has 0 aliphatic carbocycles. The van der Waals surface area contributed by atoms with Crippen LogP contribution >= 0.6 is 15.9 Å². The summed E-state index contributed by atoms with van der Waals surface area (Å²) in [5.41, 5.74) is 6.05. The van der Waals surface area contributed by atoms with Crippen molar-refractivity contribution in [3.8, 4) is 28.4 Å². The van der Waals surface area contributed by atoms with E-state index in [1.54, 1.807) is 24.4 Å². The van der Waals surface area contributed by atoms with Crippen LogP contribution in [-0.4, -0.2) is 21.3 Å². The average molecular weight is 445 g/mol. The van der Waals surface area contributed by atoms with Crippen molar-refractivity contribution in [1.82, 2.24) is 9.97 Å². The Labute approximate surface area is 176 Å². The zero-order chi connectivity index (χ0) is 20.1. The lowest BCUT2D eigenvalue weighted by Gasteiger charge is -2.09. The fourth-order valence-electron chi connectivity index (χ4n) is 2.77. The van der Waals surface area contributed by atoms with Gasteiger partial charge >= 0.3 is 0 Å². The van der Waals surface area contributed by atoms with Crippen LogP contribution in [-0.2, 0) is 0 Å². The van der Waals surface area contributed by atoms with Crippen molar-refractivity contribution in [3.05, 3.63) is 95.0 Å². The van der Waals surface area contributed by atoms with Crippen molar-refractivity contribution in [2.45, 2.75) is 0 Å². The third kappa shape index (κ3) is 4.67. The highest BCUT2D eigenvalue weighted by Gasteiger charge is 2.11. The van der Waals surface area contributed by atoms with Crippen LogP contribution in [0.25, 0.3) is 22.6 Å². The van der Waals surface area contributed by atoms with Crippen LogP contribution in [0.3, 0.4) is 0 Å². The van der Waals surface area contributed by atoms with Crippen molar-refractivity contribution in [2.75, 3.05) is 5.43 Å². The Balaban J connectivity index is 1.70. The number of aromatic hydroxyl groups is 1. The first kappa shape index (κ1) is 18.8. The molecule has 4 rings (SSSR count). The van der Waals surface area contributed by atoms with Crippen LogP contribution in [0, 0.1) is 0 Å². The first-order valence-electron chi connectivity index (χ1n) is 8.96. The fraction of sp³-hybridized carbons (Fsp3) is 0. The molecule has 4 aromatic rings. The molecule has 0 spiro atoms. The number of para-hydroxylation sites is 1. The molecule has 29 heavy (non-hydrogen) atoms. The highest BCUT2D eigenvalue weighted by Crippen LogP contribution is 2.30. The number of rotatable bonds is 5. The highest BCUT2D eigenvalue weighted by atomic mass is 79.9. The predicted molar refractivity (Wildman–Crippen MR) is 120 cm³/mol. The summed E-state index contributed by atoms with van der Waals surface area (Å²) in [4.78, 5) is 9.22. The number of hydrogen-bond donors (Lipinski definition) is 2. The molecular weight excluding hydrogens is 428 g/mol. The smallest absolute Gasteiger partial charge is 0.162 e. The molecule has 5 nitrogen and oxygen atoms in total. The topological polar surface area (TPSA) is 70.4 Å². The molecule has 1 heterocycles. The summed E-state index contributed by atoms with van der Waals surface area (Å²) in [5.74, 6) is 1.24. The number of hydrogen-bond acceptors (Lipinski definition) is 5. The van der Waals surface area contributed by atoms with Crippen molar-refractivity contribution in [1.29, 1.82) is 0 Å². The van der Waals surface area contributed by atoms with Gasteiger partial charge in [-0.15, -0.1) is 0 Å². The van der Waals surface area contributed by atoms with E-state index in [1.165, 1.54) is 0 Å². The molecule has 6 heteroatoms. The molecule has 0 aliphatic rings. The first-order chi connectivity index (χ1) is 14.2. The summed E-state index contributed by atoms with van der Waals surface area (Å²) in [6, 6.07) is 26.4. The third-order valence-corrected chi connectivity index (χ3v) is 4.73. The minimum Gasteiger partial charge on any atom is -0.507 e. The monoisotopic (exact) mass is 444 g/mol. The van der Waals surface area contributed by atoms with Gasteiger partial charge in [0.1, 0.15) is 5.75 Å². The first-order valence-corrected chi connectivity index (χ1v) is 9.76. The maximum absolute atomic E-state index is 10.2. The van der Waals surface area contributed by atoms with E-state index in [9.17, 15) is 5.11 Å². The minimum atomic E-state index is 0.162. The molecule has 0 unspecified atom stereocenters. The van der Waals surface area contributed by atoms with E-state index in [1.807, 2.05) is 66.7 Å². The van der Waals surface area contributed by atoms with Crippen molar-refractivity contribution < 1.29 is 5.11 Å². The summed E-state index contributed by atoms with van der Waals surface area (Å²) in [5, 5.41) is 14.5. The quantitative estimate of drug-likeness (QED) is 0.304. The molecule has 142 valence electrons. The average Bonchev–Trinajstić information content (AvgIpc) is 2.76. The summed E-state index contributed by atoms with van der Waals surface area (Å²) >= 11 is 3.42. The van der Waals surface area contributed by atoms with E-state index in [-0.39, 0.29) is 5.75 Å². The van der Waals surface area contributed by atoms with Gasteiger partial charge in [-0.25, -0.2) is 9.97 Å². The molecule has 0 saturated carbocycles. The van der Waals surface area contributed by atoms with Gasteiger partial charge in [-0.3, -0.25) is 5.43 Å². The normalized spacial score (nSPS) is 10.9. The second-order valence-electron chi connectivity index (χ2n) is 6.27. The zero-order valence-corrected chi connectivity index (χ0v) is 16.9. The molecule has 1 aromatic heterocycles. The largest absolute Gasteiger partial charge is 0.507 e. The number of anilines is 1. The summed E-state index contributed by atoms with van der Waals surface area (Å²) in [6.45, 7) is 0. The Morgan fingerprint density at radius 3 is 2.34 bits per heavy atom. The number of nitrogens with zero attached hydrogens (tertiary/aromatic N) is 3. The maximum atomic E-state index is 10.2. The van der Waals surface area contributed by atoms with E-state index in [0.717, 1.165) is 15.6 Å². The SMILES string of the molecule is Oc1ccccc1-c1cc(N/N=C\c2ccc(Br)cc2)nc(-c2ccccc2)n1. The summed E-state index contributed by atoms with van der Waals surface area (Å²) in [6.07, 6.45) is 1.72. The van der Waals surface area contributed by atoms with Crippen LogP contribution < -0.4 is 5.43 Å². The van der Waals surface area contributed by atoms with Gasteiger partial charge in [-0.05, 0) is 29.8 Å². The van der Waals surface area contributed by atoms with Crippen LogP contribution in [0.2, 0.25) is 0 Å². The molecule has 0 aliphatic heterocycles. The Morgan fingerprint density at radius 2 is 1.59 bits per heavy atom. The van der Waals surface area contributed by atoms with E-state index in [0.29, 0.717) is 22.9 Å². The lowest BCUT2D eigenvalue weighted by Crippen LogP contribution is -1.99. The molecular formula is C23H17BrN4O. The number of phenolic OH excluding ortho intramolecular Hbond substituents is 1. The summed E-state index contributed by atoms with van der Waals surface area (Å²) < 4.78 is 1.01. The van der Waals surface area contributed by atoms with Gasteiger partial charge in [-0.2, -0.15) is 5.10 Å². The third-order valence-electron chi connectivity index (χ3n) is 4.20. The Morgan fingerprint density at radius 1 is 0.862 bits per heavy atom. The molecule has 0 amide bonds. The second-order valence-corrected chi connectivity index (χ2v) is 7.18. The zero-order valence-electron chi connectivity index (χ0n) is 15.3. The lowest BCUT2D eigenvalue weighted by atomic mass is 10.1. The molecule has 0 radical (unpaired) electrons. The molecule has 0 bridgehead atoms. The number of aromatic nitrogens is 2. The van der Waals surface area contributed by atoms with Gasteiger partial charge < -0.3 is 5.11 Å². The standard InChI is InChI=1S/C23H17BrN4O/c24-18-12-10-16(11-13-18)15-25-28-22-14-20(19-8-4-5-9-21(19)29)26-23(27-22)17-6-2-1-3-7-17/h1-15,29H,(H,26,27,28)/b25-15-. The van der Waals surface area contributed by atoms with E-state index in [4.69, 9.17) is 0 Å². The molecule has 0 fully saturated rings. The predicted octanol–water partition coefficient (Wildman–Crippen LogP) is 5.72. The van der Waals surface area contributed by atoms with Crippen LogP contribution in [0.1, 0.15) is 5.56 Å². The van der Waals surface area contributed by atoms with Gasteiger partial charge in [0, 0.05) is 21.7 Å². The van der Waals surface area contributed by atoms with Gasteiger partial charge in [0.05, 0.1) is 11.9 Å². The van der Waals surface area contributed by atoms with Gasteiger partial charge in [0.25, 0.3) is 0 Å². The number of phenols is 1. The fourth-order valence-corrected chi connectivity index (χ4v) is 3.04. The van der Waals surface area contributed by atoms with E-state index in [2.05, 4.69) is 36.4 Å². The van der Waals surface area contributed by atoms with Crippen molar-refractivity contribution in [3.63, 3.8) is 0 Å². The van der Waals surface area contributed by atoms with Crippen molar-refractivity contribution >= 4 is 28.0 Å². The second kappa shape index (κ2) is 8.67. The Bertz CT molecular complexity index is 1150. The van der Waals surface area contributed by atoms with Gasteiger partial charge in [0.15, 0.2) is 11.6 Å². The number of nitrogens with one attached hydrogen (secondary N) is 1. The molecule has 2 N–H and O–H groups in total. The number of benzene rings is 3. The molecule has 0 atom stereocenters. The van der Waals surface area contributed by atoms with E-state index >= 15 is 0 Å². The van der Waals surface area contributed by atoms with Gasteiger partial charge in [-0.1, -0.05) is 70.5 Å². The number of halogens is 1. The van der Waals surface area contributed by atoms with E-state index < -0.39 is 0 Å². The minimum absolute atomic E-state index is 0.162.